The van der Waals surface area contributed by atoms with Crippen LogP contribution < -0.4 is 19.9 Å². The van der Waals surface area contributed by atoms with E-state index in [1.807, 2.05) is 55.4 Å². The Morgan fingerprint density at radius 1 is 1.02 bits per heavy atom. The first-order chi connectivity index (χ1) is 21.4. The van der Waals surface area contributed by atoms with E-state index in [1.165, 1.54) is 17.4 Å². The molecule has 6 rings (SSSR count). The van der Waals surface area contributed by atoms with Crippen LogP contribution in [0.1, 0.15) is 45.9 Å². The molecule has 0 saturated carbocycles. The number of amides is 2. The Balaban J connectivity index is 1.30. The van der Waals surface area contributed by atoms with Crippen LogP contribution in [0, 0.1) is 0 Å². The molecule has 0 aliphatic carbocycles. The van der Waals surface area contributed by atoms with Crippen LogP contribution in [0.3, 0.4) is 0 Å². The summed E-state index contributed by atoms with van der Waals surface area (Å²) in [5.41, 5.74) is 6.12. The number of pyridine rings is 1. The third kappa shape index (κ3) is 6.21. The largest absolute Gasteiger partial charge is 0.478 e. The molecule has 9 nitrogen and oxygen atoms in total. The highest BCUT2D eigenvalue weighted by atomic mass is 32.1. The molecule has 1 atom stereocenters. The monoisotopic (exact) mass is 607 g/mol. The standard InChI is InChI=1S/C34H33N5O4S/c1-38(2)28-13-5-3-10-25(28)24(18-20-43-31-15-7-12-27(35-31)32(40)41)23-17-16-22-9-8-19-39(29(22)21-23)34(42)37-33-36-26-11-4-6-14-30(26)44-33/h3-7,10-17,21,24H,8-9,18-20H2,1-2H3,(H,40,41)(H,36,37,42). The SMILES string of the molecule is CN(C)c1ccccc1C(CCOc1cccc(C(=O)O)n1)c1ccc2c(c1)N(C(=O)Nc1nc3ccccc3s1)CCC2. The van der Waals surface area contributed by atoms with Gasteiger partial charge in [-0.25, -0.2) is 19.6 Å². The predicted molar refractivity (Wildman–Crippen MR) is 175 cm³/mol. The van der Waals surface area contributed by atoms with Crippen molar-refractivity contribution in [1.29, 1.82) is 0 Å². The van der Waals surface area contributed by atoms with Gasteiger partial charge < -0.3 is 14.7 Å². The minimum absolute atomic E-state index is 0.0577. The second kappa shape index (κ2) is 12.7. The Morgan fingerprint density at radius 3 is 2.66 bits per heavy atom. The maximum absolute atomic E-state index is 13.6. The number of urea groups is 1. The number of carbonyl (C=O) groups is 2. The second-order valence-electron chi connectivity index (χ2n) is 10.9. The number of carbonyl (C=O) groups excluding carboxylic acids is 1. The Kier molecular flexibility index (Phi) is 8.42. The lowest BCUT2D eigenvalue weighted by Gasteiger charge is -2.31. The van der Waals surface area contributed by atoms with Crippen LogP contribution in [0.4, 0.5) is 21.3 Å². The summed E-state index contributed by atoms with van der Waals surface area (Å²) in [7, 11) is 4.05. The van der Waals surface area contributed by atoms with Gasteiger partial charge in [0.1, 0.15) is 0 Å². The van der Waals surface area contributed by atoms with Gasteiger partial charge in [0, 0.05) is 44.0 Å². The maximum atomic E-state index is 13.6. The average Bonchev–Trinajstić information content (AvgIpc) is 3.45. The topological polar surface area (TPSA) is 108 Å². The highest BCUT2D eigenvalue weighted by Gasteiger charge is 2.26. The number of carboxylic acids is 1. The number of aromatic carboxylic acids is 1. The van der Waals surface area contributed by atoms with Gasteiger partial charge in [0.05, 0.1) is 16.8 Å². The third-order valence-electron chi connectivity index (χ3n) is 7.78. The molecular formula is C34H33N5O4S. The van der Waals surface area contributed by atoms with Gasteiger partial charge in [-0.2, -0.15) is 0 Å². The number of hydrogen-bond acceptors (Lipinski definition) is 7. The number of fused-ring (bicyclic) bond motifs is 2. The molecule has 224 valence electrons. The number of nitrogens with zero attached hydrogens (tertiary/aromatic N) is 4. The van der Waals surface area contributed by atoms with Gasteiger partial charge in [-0.05, 0) is 66.3 Å². The smallest absolute Gasteiger partial charge is 0.354 e. The zero-order valence-corrected chi connectivity index (χ0v) is 25.4. The van der Waals surface area contributed by atoms with E-state index in [0.717, 1.165) is 51.1 Å². The zero-order valence-electron chi connectivity index (χ0n) is 24.6. The summed E-state index contributed by atoms with van der Waals surface area (Å²) in [5.74, 6) is -0.885. The van der Waals surface area contributed by atoms with Crippen LogP contribution in [0.5, 0.6) is 5.88 Å². The number of ether oxygens (including phenoxy) is 1. The minimum atomic E-state index is -1.10. The van der Waals surface area contributed by atoms with Crippen molar-refractivity contribution >= 4 is 50.1 Å². The number of rotatable bonds is 9. The number of aryl methyl sites for hydroxylation is 1. The number of anilines is 3. The normalized spacial score (nSPS) is 13.3. The van der Waals surface area contributed by atoms with E-state index >= 15 is 0 Å². The van der Waals surface area contributed by atoms with Crippen molar-refractivity contribution in [3.63, 3.8) is 0 Å². The molecule has 1 aliphatic rings. The number of aromatic nitrogens is 2. The summed E-state index contributed by atoms with van der Waals surface area (Å²) in [4.78, 5) is 37.6. The zero-order chi connectivity index (χ0) is 30.6. The minimum Gasteiger partial charge on any atom is -0.478 e. The van der Waals surface area contributed by atoms with E-state index in [2.05, 4.69) is 50.5 Å². The Labute approximate surface area is 259 Å². The summed E-state index contributed by atoms with van der Waals surface area (Å²) >= 11 is 1.46. The summed E-state index contributed by atoms with van der Waals surface area (Å²) < 4.78 is 6.99. The molecule has 10 heteroatoms. The van der Waals surface area contributed by atoms with E-state index in [9.17, 15) is 14.7 Å². The van der Waals surface area contributed by atoms with Crippen LogP contribution in [-0.2, 0) is 6.42 Å². The summed E-state index contributed by atoms with van der Waals surface area (Å²) in [6.07, 6.45) is 2.39. The van der Waals surface area contributed by atoms with Crippen molar-refractivity contribution in [1.82, 2.24) is 9.97 Å². The second-order valence-corrected chi connectivity index (χ2v) is 11.9. The first-order valence-corrected chi connectivity index (χ1v) is 15.4. The molecule has 5 aromatic rings. The first kappa shape index (κ1) is 29.1. The van der Waals surface area contributed by atoms with Crippen LogP contribution in [-0.4, -0.2) is 54.3 Å². The first-order valence-electron chi connectivity index (χ1n) is 14.5. The van der Waals surface area contributed by atoms with E-state index in [4.69, 9.17) is 4.74 Å². The number of hydrogen-bond donors (Lipinski definition) is 2. The number of benzene rings is 3. The number of carboxylic acid groups (broad SMARTS) is 1. The molecule has 3 aromatic carbocycles. The fourth-order valence-electron chi connectivity index (χ4n) is 5.69. The van der Waals surface area contributed by atoms with Crippen molar-refractivity contribution in [2.75, 3.05) is 42.4 Å². The number of thiazole rings is 1. The van der Waals surface area contributed by atoms with Gasteiger partial charge in [0.2, 0.25) is 5.88 Å². The molecule has 1 aliphatic heterocycles. The van der Waals surface area contributed by atoms with Gasteiger partial charge >= 0.3 is 12.0 Å². The third-order valence-corrected chi connectivity index (χ3v) is 8.73. The van der Waals surface area contributed by atoms with Crippen molar-refractivity contribution in [2.24, 2.45) is 0 Å². The van der Waals surface area contributed by atoms with Gasteiger partial charge in [-0.15, -0.1) is 0 Å². The van der Waals surface area contributed by atoms with Crippen molar-refractivity contribution < 1.29 is 19.4 Å². The van der Waals surface area contributed by atoms with E-state index < -0.39 is 5.97 Å². The molecule has 0 fully saturated rings. The van der Waals surface area contributed by atoms with Crippen molar-refractivity contribution in [3.8, 4) is 5.88 Å². The van der Waals surface area contributed by atoms with Crippen molar-refractivity contribution in [2.45, 2.75) is 25.2 Å². The van der Waals surface area contributed by atoms with Gasteiger partial charge in [0.25, 0.3) is 0 Å². The highest BCUT2D eigenvalue weighted by Crippen LogP contribution is 2.38. The fourth-order valence-corrected chi connectivity index (χ4v) is 6.55. The van der Waals surface area contributed by atoms with Gasteiger partial charge in [-0.3, -0.25) is 10.2 Å². The van der Waals surface area contributed by atoms with E-state index in [0.29, 0.717) is 24.7 Å². The molecule has 0 bridgehead atoms. The van der Waals surface area contributed by atoms with Crippen LogP contribution in [0.2, 0.25) is 0 Å². The Morgan fingerprint density at radius 2 is 1.84 bits per heavy atom. The van der Waals surface area contributed by atoms with E-state index in [-0.39, 0.29) is 23.5 Å². The molecule has 2 amide bonds. The molecule has 2 N–H and O–H groups in total. The molecule has 0 saturated heterocycles. The predicted octanol–water partition coefficient (Wildman–Crippen LogP) is 7.04. The summed E-state index contributed by atoms with van der Waals surface area (Å²) in [5, 5.41) is 12.9. The lowest BCUT2D eigenvalue weighted by atomic mass is 9.85. The fraction of sp³-hybridized carbons (Fsp3) is 0.235. The van der Waals surface area contributed by atoms with Crippen LogP contribution in [0.25, 0.3) is 10.2 Å². The molecule has 0 radical (unpaired) electrons. The number of para-hydroxylation sites is 2. The van der Waals surface area contributed by atoms with Gasteiger partial charge in [0.15, 0.2) is 10.8 Å². The molecule has 1 unspecified atom stereocenters. The number of nitrogens with one attached hydrogen (secondary N) is 1. The molecule has 3 heterocycles. The molecule has 44 heavy (non-hydrogen) atoms. The lowest BCUT2D eigenvalue weighted by Crippen LogP contribution is -2.38. The van der Waals surface area contributed by atoms with Crippen molar-refractivity contribution in [3.05, 3.63) is 107 Å². The quantitative estimate of drug-likeness (QED) is 0.185. The van der Waals surface area contributed by atoms with Crippen LogP contribution >= 0.6 is 11.3 Å². The Bertz CT molecular complexity index is 1790. The maximum Gasteiger partial charge on any atom is 0.354 e. The van der Waals surface area contributed by atoms with Gasteiger partial charge in [-0.1, -0.05) is 59.9 Å². The summed E-state index contributed by atoms with van der Waals surface area (Å²) in [6.45, 7) is 0.933. The Hall–Kier alpha value is -4.96. The average molecular weight is 608 g/mol. The van der Waals surface area contributed by atoms with Crippen LogP contribution in [0.15, 0.2) is 84.9 Å². The van der Waals surface area contributed by atoms with E-state index in [1.54, 1.807) is 12.1 Å². The molecule has 0 spiro atoms. The summed E-state index contributed by atoms with van der Waals surface area (Å²) in [6, 6.07) is 27.1. The molecular weight excluding hydrogens is 574 g/mol. The highest BCUT2D eigenvalue weighted by molar-refractivity contribution is 7.22. The molecule has 2 aromatic heterocycles. The lowest BCUT2D eigenvalue weighted by molar-refractivity contribution is 0.0689.